The predicted molar refractivity (Wildman–Crippen MR) is 115 cm³/mol. The highest BCUT2D eigenvalue weighted by atomic mass is 15.2. The summed E-state index contributed by atoms with van der Waals surface area (Å²) in [6, 6.07) is 26.8. The minimum absolute atomic E-state index is 0.829. The molecule has 140 valence electrons. The highest BCUT2D eigenvalue weighted by molar-refractivity contribution is 5.73. The Bertz CT molecular complexity index is 1290. The third-order valence-electron chi connectivity index (χ3n) is 5.23. The third kappa shape index (κ3) is 2.99. The van der Waals surface area contributed by atoms with Gasteiger partial charge in [0.2, 0.25) is 6.33 Å². The zero-order valence-corrected chi connectivity index (χ0v) is 16.4. The second-order valence-electron chi connectivity index (χ2n) is 7.20. The van der Waals surface area contributed by atoms with E-state index in [4.69, 9.17) is 9.97 Å². The molecule has 0 saturated heterocycles. The number of rotatable bonds is 3. The van der Waals surface area contributed by atoms with Crippen LogP contribution < -0.4 is 4.57 Å². The molecule has 0 N–H and O–H groups in total. The molecule has 0 amide bonds. The van der Waals surface area contributed by atoms with Gasteiger partial charge in [0.15, 0.2) is 0 Å². The highest BCUT2D eigenvalue weighted by Crippen LogP contribution is 2.26. The smallest absolute Gasteiger partial charge is 0.210 e. The van der Waals surface area contributed by atoms with Gasteiger partial charge in [-0.3, -0.25) is 0 Å². The molecular formula is C25H21N4+. The Labute approximate surface area is 169 Å². The molecule has 0 aliphatic heterocycles. The fourth-order valence-corrected chi connectivity index (χ4v) is 3.82. The quantitative estimate of drug-likeness (QED) is 0.416. The van der Waals surface area contributed by atoms with Crippen molar-refractivity contribution in [1.29, 1.82) is 0 Å². The van der Waals surface area contributed by atoms with Crippen LogP contribution in [-0.4, -0.2) is 14.5 Å². The van der Waals surface area contributed by atoms with Gasteiger partial charge < -0.3 is 0 Å². The number of hydrogen-bond acceptors (Lipinski definition) is 2. The Kier molecular flexibility index (Phi) is 4.17. The molecule has 4 nitrogen and oxygen atoms in total. The molecule has 0 unspecified atom stereocenters. The van der Waals surface area contributed by atoms with E-state index < -0.39 is 0 Å². The zero-order valence-electron chi connectivity index (χ0n) is 16.4. The number of fused-ring (bicyclic) bond motifs is 1. The first-order valence-corrected chi connectivity index (χ1v) is 9.69. The van der Waals surface area contributed by atoms with Crippen molar-refractivity contribution in [1.82, 2.24) is 14.5 Å². The van der Waals surface area contributed by atoms with Crippen LogP contribution in [0, 0.1) is 13.8 Å². The summed E-state index contributed by atoms with van der Waals surface area (Å²) in [6.07, 6.45) is 3.94. The lowest BCUT2D eigenvalue weighted by Gasteiger charge is -2.07. The van der Waals surface area contributed by atoms with Crippen molar-refractivity contribution in [2.75, 3.05) is 0 Å². The number of imidazole rings is 1. The molecule has 0 radical (unpaired) electrons. The molecule has 0 fully saturated rings. The number of para-hydroxylation sites is 2. The molecule has 0 spiro atoms. The largest absolute Gasteiger partial charge is 0.327 e. The maximum absolute atomic E-state index is 5.07. The van der Waals surface area contributed by atoms with E-state index in [0.29, 0.717) is 0 Å². The zero-order chi connectivity index (χ0) is 19.8. The highest BCUT2D eigenvalue weighted by Gasteiger charge is 2.22. The number of nitrogens with zero attached hydrogens (tertiary/aromatic N) is 4. The van der Waals surface area contributed by atoms with Crippen LogP contribution in [0.1, 0.15) is 11.1 Å². The molecule has 0 aliphatic carbocycles. The van der Waals surface area contributed by atoms with Crippen LogP contribution >= 0.6 is 0 Å². The summed E-state index contributed by atoms with van der Waals surface area (Å²) in [7, 11) is 0. The van der Waals surface area contributed by atoms with E-state index in [-0.39, 0.29) is 0 Å². The van der Waals surface area contributed by atoms with Crippen molar-refractivity contribution in [2.24, 2.45) is 0 Å². The summed E-state index contributed by atoms with van der Waals surface area (Å²) in [5.74, 6) is 0. The first-order valence-electron chi connectivity index (χ1n) is 9.69. The van der Waals surface area contributed by atoms with Crippen molar-refractivity contribution < 1.29 is 4.57 Å². The van der Waals surface area contributed by atoms with Crippen molar-refractivity contribution >= 4 is 11.3 Å². The van der Waals surface area contributed by atoms with Gasteiger partial charge in [0.25, 0.3) is 5.65 Å². The number of hydrogen-bond donors (Lipinski definition) is 0. The van der Waals surface area contributed by atoms with Crippen LogP contribution in [0.4, 0.5) is 0 Å². The average molecular weight is 377 g/mol. The predicted octanol–water partition coefficient (Wildman–Crippen LogP) is 4.98. The summed E-state index contributed by atoms with van der Waals surface area (Å²) >= 11 is 0. The monoisotopic (exact) mass is 377 g/mol. The molecule has 0 bridgehead atoms. The van der Waals surface area contributed by atoms with Crippen molar-refractivity contribution in [3.05, 3.63) is 103 Å². The van der Waals surface area contributed by atoms with Crippen LogP contribution in [-0.2, 0) is 0 Å². The summed E-state index contributed by atoms with van der Waals surface area (Å²) in [5.41, 5.74) is 8.22. The van der Waals surface area contributed by atoms with Gasteiger partial charge in [-0.1, -0.05) is 54.6 Å². The number of aromatic nitrogens is 4. The molecular weight excluding hydrogens is 356 g/mol. The molecule has 4 heteroatoms. The van der Waals surface area contributed by atoms with E-state index >= 15 is 0 Å². The SMILES string of the molecule is Cc1cccc(C)c1-c1cnc2c(n1)n(-c1ccccc1)c[n+]2-c1ccccc1. The summed E-state index contributed by atoms with van der Waals surface area (Å²) in [6.45, 7) is 4.24. The lowest BCUT2D eigenvalue weighted by Crippen LogP contribution is -2.29. The molecule has 2 heterocycles. The summed E-state index contributed by atoms with van der Waals surface area (Å²) in [5, 5.41) is 0. The maximum atomic E-state index is 5.07. The summed E-state index contributed by atoms with van der Waals surface area (Å²) < 4.78 is 4.19. The second-order valence-corrected chi connectivity index (χ2v) is 7.20. The Morgan fingerprint density at radius 1 is 0.759 bits per heavy atom. The van der Waals surface area contributed by atoms with Crippen molar-refractivity contribution in [3.63, 3.8) is 0 Å². The average Bonchev–Trinajstić information content (AvgIpc) is 3.14. The number of benzene rings is 3. The van der Waals surface area contributed by atoms with E-state index in [1.54, 1.807) is 0 Å². The van der Waals surface area contributed by atoms with Crippen molar-refractivity contribution in [3.8, 4) is 22.6 Å². The lowest BCUT2D eigenvalue weighted by atomic mass is 10.0. The standard InChI is InChI=1S/C25H21N4/c1-18-10-9-11-19(2)23(18)22-16-26-24-25(27-22)29(21-14-7-4-8-15-21)17-28(24)20-12-5-3-6-13-20/h3-17H,1-2H3/q+1. The van der Waals surface area contributed by atoms with Gasteiger partial charge in [-0.25, -0.2) is 9.55 Å². The fourth-order valence-electron chi connectivity index (χ4n) is 3.82. The molecule has 0 saturated carbocycles. The van der Waals surface area contributed by atoms with Gasteiger partial charge in [0.1, 0.15) is 23.3 Å². The maximum Gasteiger partial charge on any atom is 0.327 e. The molecule has 0 atom stereocenters. The van der Waals surface area contributed by atoms with E-state index in [0.717, 1.165) is 33.9 Å². The van der Waals surface area contributed by atoms with Gasteiger partial charge >= 0.3 is 5.65 Å². The lowest BCUT2D eigenvalue weighted by molar-refractivity contribution is -0.570. The second kappa shape index (κ2) is 6.99. The van der Waals surface area contributed by atoms with Gasteiger partial charge in [-0.05, 0) is 49.2 Å². The van der Waals surface area contributed by atoms with Crippen LogP contribution in [0.3, 0.4) is 0 Å². The van der Waals surface area contributed by atoms with Crippen molar-refractivity contribution in [2.45, 2.75) is 13.8 Å². The molecule has 5 rings (SSSR count). The van der Waals surface area contributed by atoms with Crippen LogP contribution in [0.25, 0.3) is 33.9 Å². The third-order valence-corrected chi connectivity index (χ3v) is 5.23. The minimum atomic E-state index is 0.829. The molecule has 29 heavy (non-hydrogen) atoms. The van der Waals surface area contributed by atoms with E-state index in [2.05, 4.69) is 71.8 Å². The Morgan fingerprint density at radius 2 is 1.41 bits per heavy atom. The molecule has 2 aromatic heterocycles. The van der Waals surface area contributed by atoms with Gasteiger partial charge in [-0.2, -0.15) is 4.57 Å². The Balaban J connectivity index is 1.80. The van der Waals surface area contributed by atoms with E-state index in [1.165, 1.54) is 11.1 Å². The molecule has 0 aliphatic rings. The van der Waals surface area contributed by atoms with Gasteiger partial charge in [-0.15, -0.1) is 4.98 Å². The Hall–Kier alpha value is -3.79. The minimum Gasteiger partial charge on any atom is -0.210 e. The topological polar surface area (TPSA) is 34.6 Å². The van der Waals surface area contributed by atoms with E-state index in [1.807, 2.05) is 42.6 Å². The van der Waals surface area contributed by atoms with Gasteiger partial charge in [0, 0.05) is 5.56 Å². The first kappa shape index (κ1) is 17.3. The van der Waals surface area contributed by atoms with Crippen LogP contribution in [0.5, 0.6) is 0 Å². The normalized spacial score (nSPS) is 11.1. The molecule has 3 aromatic carbocycles. The molecule has 5 aromatic rings. The van der Waals surface area contributed by atoms with Crippen LogP contribution in [0.2, 0.25) is 0 Å². The van der Waals surface area contributed by atoms with Crippen LogP contribution in [0.15, 0.2) is 91.4 Å². The number of aryl methyl sites for hydroxylation is 2. The van der Waals surface area contributed by atoms with E-state index in [9.17, 15) is 0 Å². The first-order chi connectivity index (χ1) is 14.2. The fraction of sp³-hybridized carbons (Fsp3) is 0.0800. The van der Waals surface area contributed by atoms with Gasteiger partial charge in [0.05, 0.1) is 0 Å². The Morgan fingerprint density at radius 3 is 2.10 bits per heavy atom. The summed E-state index contributed by atoms with van der Waals surface area (Å²) in [4.78, 5) is 9.91.